The highest BCUT2D eigenvalue weighted by Crippen LogP contribution is 2.47. The molecule has 1 unspecified atom stereocenters. The lowest BCUT2D eigenvalue weighted by Gasteiger charge is -2.26. The monoisotopic (exact) mass is 339 g/mol. The second-order valence-corrected chi connectivity index (χ2v) is 4.45. The quantitative estimate of drug-likeness (QED) is 0.746. The molecule has 1 aromatic rings. The molecular weight excluding hydrogens is 329 g/mol. The zero-order chi connectivity index (χ0) is 17.5. The fourth-order valence-corrected chi connectivity index (χ4v) is 2.00. The van der Waals surface area contributed by atoms with Gasteiger partial charge >= 0.3 is 18.5 Å². The maximum absolute atomic E-state index is 13.0. The molecule has 0 aromatic heterocycles. The second kappa shape index (κ2) is 5.64. The average molecular weight is 339 g/mol. The summed E-state index contributed by atoms with van der Waals surface area (Å²) in [5, 5.41) is 2.12. The van der Waals surface area contributed by atoms with E-state index in [9.17, 15) is 39.5 Å². The third-order valence-corrected chi connectivity index (χ3v) is 3.01. The highest BCUT2D eigenvalue weighted by atomic mass is 19.4. The fraction of sp³-hybridized carbons (Fsp3) is 0.500. The van der Waals surface area contributed by atoms with Crippen molar-refractivity contribution in [1.29, 1.82) is 0 Å². The molecule has 0 spiro atoms. The van der Waals surface area contributed by atoms with Gasteiger partial charge in [-0.3, -0.25) is 0 Å². The lowest BCUT2D eigenvalue weighted by atomic mass is 9.90. The van der Waals surface area contributed by atoms with Crippen molar-refractivity contribution < 1.29 is 39.5 Å². The van der Waals surface area contributed by atoms with Crippen molar-refractivity contribution in [3.63, 3.8) is 0 Å². The van der Waals surface area contributed by atoms with Crippen LogP contribution in [0.25, 0.3) is 0 Å². The SMILES string of the molecule is CNC(C)c1c(C(F)(F)F)ccc(C(F)(F)F)c1C(F)(F)F. The van der Waals surface area contributed by atoms with E-state index in [1.165, 1.54) is 0 Å². The summed E-state index contributed by atoms with van der Waals surface area (Å²) in [4.78, 5) is 0. The molecule has 1 atom stereocenters. The van der Waals surface area contributed by atoms with Crippen LogP contribution in [-0.4, -0.2) is 7.05 Å². The number of halogens is 9. The molecule has 0 saturated carbocycles. The van der Waals surface area contributed by atoms with Gasteiger partial charge in [0.25, 0.3) is 0 Å². The first-order valence-electron chi connectivity index (χ1n) is 5.77. The van der Waals surface area contributed by atoms with Crippen molar-refractivity contribution in [2.75, 3.05) is 7.05 Å². The Labute approximate surface area is 119 Å². The third-order valence-electron chi connectivity index (χ3n) is 3.01. The Morgan fingerprint density at radius 1 is 0.773 bits per heavy atom. The smallest absolute Gasteiger partial charge is 0.313 e. The van der Waals surface area contributed by atoms with Crippen molar-refractivity contribution in [2.24, 2.45) is 0 Å². The molecule has 1 N–H and O–H groups in total. The average Bonchev–Trinajstić information content (AvgIpc) is 2.32. The van der Waals surface area contributed by atoms with E-state index in [-0.39, 0.29) is 12.1 Å². The van der Waals surface area contributed by atoms with Crippen molar-refractivity contribution >= 4 is 0 Å². The lowest BCUT2D eigenvalue weighted by Crippen LogP contribution is -2.27. The normalized spacial score (nSPS) is 15.0. The Kier molecular flexibility index (Phi) is 4.76. The Morgan fingerprint density at radius 2 is 1.18 bits per heavy atom. The third kappa shape index (κ3) is 3.65. The molecule has 0 aliphatic heterocycles. The van der Waals surface area contributed by atoms with Crippen LogP contribution in [0.5, 0.6) is 0 Å². The number of hydrogen-bond donors (Lipinski definition) is 1. The van der Waals surface area contributed by atoms with Crippen LogP contribution in [0.15, 0.2) is 12.1 Å². The molecule has 126 valence electrons. The standard InChI is InChI=1S/C12H10F9N/c1-5(22-2)8-6(10(13,14)15)3-4-7(11(16,17)18)9(8)12(19,20)21/h3-5,22H,1-2H3. The van der Waals surface area contributed by atoms with Gasteiger partial charge in [0.1, 0.15) is 0 Å². The summed E-state index contributed by atoms with van der Waals surface area (Å²) >= 11 is 0. The first kappa shape index (κ1) is 18.6. The second-order valence-electron chi connectivity index (χ2n) is 4.45. The summed E-state index contributed by atoms with van der Waals surface area (Å²) < 4.78 is 116. The maximum atomic E-state index is 13.0. The van der Waals surface area contributed by atoms with Crippen molar-refractivity contribution in [3.05, 3.63) is 34.4 Å². The van der Waals surface area contributed by atoms with Gasteiger partial charge in [0.15, 0.2) is 0 Å². The highest BCUT2D eigenvalue weighted by molar-refractivity contribution is 5.47. The molecular formula is C12H10F9N. The molecule has 0 radical (unpaired) electrons. The molecule has 0 aliphatic rings. The van der Waals surface area contributed by atoms with E-state index >= 15 is 0 Å². The summed E-state index contributed by atoms with van der Waals surface area (Å²) in [6, 6.07) is -1.77. The summed E-state index contributed by atoms with van der Waals surface area (Å²) in [7, 11) is 1.05. The Hall–Kier alpha value is -1.45. The predicted molar refractivity (Wildman–Crippen MR) is 58.9 cm³/mol. The largest absolute Gasteiger partial charge is 0.417 e. The molecule has 0 bridgehead atoms. The van der Waals surface area contributed by atoms with Gasteiger partial charge in [-0.25, -0.2) is 0 Å². The van der Waals surface area contributed by atoms with Crippen LogP contribution < -0.4 is 5.32 Å². The minimum Gasteiger partial charge on any atom is -0.313 e. The highest BCUT2D eigenvalue weighted by Gasteiger charge is 2.48. The van der Waals surface area contributed by atoms with Gasteiger partial charge in [-0.15, -0.1) is 0 Å². The van der Waals surface area contributed by atoms with E-state index in [1.807, 2.05) is 0 Å². The summed E-state index contributed by atoms with van der Waals surface area (Å²) in [6.45, 7) is 0.917. The van der Waals surface area contributed by atoms with Gasteiger partial charge in [-0.1, -0.05) is 0 Å². The van der Waals surface area contributed by atoms with Crippen LogP contribution in [0.3, 0.4) is 0 Å². The fourth-order valence-electron chi connectivity index (χ4n) is 2.00. The van der Waals surface area contributed by atoms with Crippen LogP contribution in [-0.2, 0) is 18.5 Å². The van der Waals surface area contributed by atoms with Crippen LogP contribution in [0.2, 0.25) is 0 Å². The Balaban J connectivity index is 3.92. The van der Waals surface area contributed by atoms with Crippen LogP contribution >= 0.6 is 0 Å². The number of nitrogens with one attached hydrogen (secondary N) is 1. The summed E-state index contributed by atoms with van der Waals surface area (Å²) in [6.07, 6.45) is -16.2. The molecule has 0 amide bonds. The molecule has 1 rings (SSSR count). The van der Waals surface area contributed by atoms with Gasteiger partial charge in [0.2, 0.25) is 0 Å². The molecule has 10 heteroatoms. The van der Waals surface area contributed by atoms with Gasteiger partial charge in [0, 0.05) is 6.04 Å². The first-order valence-corrected chi connectivity index (χ1v) is 5.77. The summed E-state index contributed by atoms with van der Waals surface area (Å²) in [5.41, 5.74) is -7.70. The van der Waals surface area contributed by atoms with Crippen LogP contribution in [0, 0.1) is 0 Å². The van der Waals surface area contributed by atoms with Crippen molar-refractivity contribution in [2.45, 2.75) is 31.5 Å². The van der Waals surface area contributed by atoms with Gasteiger partial charge in [-0.05, 0) is 31.7 Å². The molecule has 0 aliphatic carbocycles. The molecule has 0 fully saturated rings. The van der Waals surface area contributed by atoms with Gasteiger partial charge < -0.3 is 5.32 Å². The van der Waals surface area contributed by atoms with Crippen molar-refractivity contribution in [1.82, 2.24) is 5.32 Å². The minimum absolute atomic E-state index is 0.0151. The lowest BCUT2D eigenvalue weighted by molar-refractivity contribution is -0.164. The molecule has 0 saturated heterocycles. The number of benzene rings is 1. The predicted octanol–water partition coefficient (Wildman–Crippen LogP) is 5.02. The summed E-state index contributed by atoms with van der Waals surface area (Å²) in [5.74, 6) is 0. The topological polar surface area (TPSA) is 12.0 Å². The Morgan fingerprint density at radius 3 is 1.50 bits per heavy atom. The number of hydrogen-bond acceptors (Lipinski definition) is 1. The molecule has 1 aromatic carbocycles. The Bertz CT molecular complexity index is 539. The first-order chi connectivity index (χ1) is 9.71. The number of rotatable bonds is 2. The zero-order valence-corrected chi connectivity index (χ0v) is 11.1. The van der Waals surface area contributed by atoms with E-state index in [1.54, 1.807) is 0 Å². The minimum atomic E-state index is -5.59. The van der Waals surface area contributed by atoms with Crippen molar-refractivity contribution in [3.8, 4) is 0 Å². The van der Waals surface area contributed by atoms with E-state index in [0.717, 1.165) is 14.0 Å². The van der Waals surface area contributed by atoms with E-state index < -0.39 is 46.8 Å². The van der Waals surface area contributed by atoms with Crippen LogP contribution in [0.1, 0.15) is 35.2 Å². The zero-order valence-electron chi connectivity index (χ0n) is 11.1. The van der Waals surface area contributed by atoms with E-state index in [0.29, 0.717) is 0 Å². The maximum Gasteiger partial charge on any atom is 0.417 e. The van der Waals surface area contributed by atoms with Gasteiger partial charge in [0.05, 0.1) is 16.7 Å². The van der Waals surface area contributed by atoms with Crippen LogP contribution in [0.4, 0.5) is 39.5 Å². The van der Waals surface area contributed by atoms with E-state index in [2.05, 4.69) is 5.32 Å². The van der Waals surface area contributed by atoms with E-state index in [4.69, 9.17) is 0 Å². The number of alkyl halides is 9. The molecule has 22 heavy (non-hydrogen) atoms. The molecule has 0 heterocycles. The molecule has 1 nitrogen and oxygen atoms in total. The van der Waals surface area contributed by atoms with Gasteiger partial charge in [-0.2, -0.15) is 39.5 Å².